The van der Waals surface area contributed by atoms with Crippen molar-refractivity contribution in [1.29, 1.82) is 0 Å². The molecule has 0 unspecified atom stereocenters. The number of thiazole rings is 1. The highest BCUT2D eigenvalue weighted by Crippen LogP contribution is 2.38. The van der Waals surface area contributed by atoms with Crippen LogP contribution in [0, 0.1) is 0 Å². The van der Waals surface area contributed by atoms with Crippen molar-refractivity contribution in [1.82, 2.24) is 9.71 Å². The molecule has 0 radical (unpaired) electrons. The van der Waals surface area contributed by atoms with Crippen molar-refractivity contribution in [3.8, 4) is 0 Å². The van der Waals surface area contributed by atoms with Crippen LogP contribution >= 0.6 is 23.3 Å². The lowest BCUT2D eigenvalue weighted by Gasteiger charge is -2.22. The molecule has 0 aliphatic heterocycles. The molecule has 1 heterocycles. The van der Waals surface area contributed by atoms with Gasteiger partial charge in [-0.3, -0.25) is 4.72 Å². The van der Waals surface area contributed by atoms with E-state index in [1.165, 1.54) is 47.9 Å². The Labute approximate surface area is 129 Å². The molecule has 108 valence electrons. The second kappa shape index (κ2) is 6.92. The molecule has 4 heteroatoms. The monoisotopic (exact) mass is 306 g/mol. The second-order valence-electron chi connectivity index (χ2n) is 5.51. The predicted molar refractivity (Wildman–Crippen MR) is 89.6 cm³/mol. The Kier molecular flexibility index (Phi) is 4.97. The van der Waals surface area contributed by atoms with Crippen molar-refractivity contribution in [2.45, 2.75) is 55.7 Å². The van der Waals surface area contributed by atoms with Gasteiger partial charge in [0, 0.05) is 6.54 Å². The summed E-state index contributed by atoms with van der Waals surface area (Å²) in [7, 11) is 0. The molecule has 0 amide bonds. The van der Waals surface area contributed by atoms with Crippen molar-refractivity contribution >= 4 is 33.5 Å². The number of nitrogens with one attached hydrogen (secondary N) is 1. The SMILES string of the molecule is CCCNSc1nc2c(C3CCCCC3)cccc2s1. The molecule has 0 bridgehead atoms. The molecule has 1 fully saturated rings. The average molecular weight is 306 g/mol. The van der Waals surface area contributed by atoms with Crippen LogP contribution in [0.4, 0.5) is 0 Å². The van der Waals surface area contributed by atoms with Crippen molar-refractivity contribution in [3.05, 3.63) is 23.8 Å². The minimum absolute atomic E-state index is 0.732. The number of hydrogen-bond donors (Lipinski definition) is 1. The van der Waals surface area contributed by atoms with Crippen LogP contribution in [0.2, 0.25) is 0 Å². The van der Waals surface area contributed by atoms with Crippen molar-refractivity contribution in [2.24, 2.45) is 0 Å². The summed E-state index contributed by atoms with van der Waals surface area (Å²) in [5.41, 5.74) is 2.74. The third-order valence-corrected chi connectivity index (χ3v) is 5.92. The Hall–Kier alpha value is -0.580. The fourth-order valence-corrected chi connectivity index (χ4v) is 4.86. The van der Waals surface area contributed by atoms with Crippen molar-refractivity contribution in [2.75, 3.05) is 6.54 Å². The first-order valence-electron chi connectivity index (χ1n) is 7.67. The van der Waals surface area contributed by atoms with Gasteiger partial charge in [-0.05, 0) is 48.8 Å². The number of hydrogen-bond acceptors (Lipinski definition) is 4. The molecule has 1 aromatic heterocycles. The number of nitrogens with zero attached hydrogens (tertiary/aromatic N) is 1. The molecular weight excluding hydrogens is 284 g/mol. The van der Waals surface area contributed by atoms with Crippen LogP contribution in [0.1, 0.15) is 56.9 Å². The first-order valence-corrected chi connectivity index (χ1v) is 9.31. The zero-order valence-corrected chi connectivity index (χ0v) is 13.7. The zero-order chi connectivity index (χ0) is 13.8. The molecule has 1 saturated carbocycles. The van der Waals surface area contributed by atoms with Gasteiger partial charge >= 0.3 is 0 Å². The molecule has 1 aromatic carbocycles. The topological polar surface area (TPSA) is 24.9 Å². The Balaban J connectivity index is 1.84. The highest BCUT2D eigenvalue weighted by Gasteiger charge is 2.19. The molecule has 0 spiro atoms. The Morgan fingerprint density at radius 3 is 2.95 bits per heavy atom. The lowest BCUT2D eigenvalue weighted by molar-refractivity contribution is 0.445. The molecular formula is C16H22N2S2. The number of fused-ring (bicyclic) bond motifs is 1. The molecule has 2 nitrogen and oxygen atoms in total. The van der Waals surface area contributed by atoms with Gasteiger partial charge in [-0.2, -0.15) is 0 Å². The van der Waals surface area contributed by atoms with Crippen molar-refractivity contribution in [3.63, 3.8) is 0 Å². The Morgan fingerprint density at radius 2 is 2.15 bits per heavy atom. The summed E-state index contributed by atoms with van der Waals surface area (Å²) in [6.45, 7) is 3.23. The van der Waals surface area contributed by atoms with E-state index in [0.717, 1.165) is 23.2 Å². The number of benzene rings is 1. The second-order valence-corrected chi connectivity index (χ2v) is 7.67. The van der Waals surface area contributed by atoms with Crippen LogP contribution in [0.5, 0.6) is 0 Å². The fraction of sp³-hybridized carbons (Fsp3) is 0.562. The van der Waals surface area contributed by atoms with Gasteiger partial charge < -0.3 is 0 Å². The summed E-state index contributed by atoms with van der Waals surface area (Å²) in [5.74, 6) is 0.732. The van der Waals surface area contributed by atoms with Gasteiger partial charge in [0.1, 0.15) is 0 Å². The van der Waals surface area contributed by atoms with Crippen LogP contribution in [-0.4, -0.2) is 11.5 Å². The maximum Gasteiger partial charge on any atom is 0.166 e. The Morgan fingerprint density at radius 1 is 1.30 bits per heavy atom. The summed E-state index contributed by atoms with van der Waals surface area (Å²) >= 11 is 3.50. The molecule has 20 heavy (non-hydrogen) atoms. The molecule has 0 saturated heterocycles. The van der Waals surface area contributed by atoms with Crippen molar-refractivity contribution < 1.29 is 0 Å². The van der Waals surface area contributed by atoms with Crippen LogP contribution in [0.15, 0.2) is 22.5 Å². The number of aromatic nitrogens is 1. The molecule has 3 rings (SSSR count). The quantitative estimate of drug-likeness (QED) is 0.595. The van der Waals surface area contributed by atoms with Crippen LogP contribution in [-0.2, 0) is 0 Å². The average Bonchev–Trinajstić information content (AvgIpc) is 2.91. The van der Waals surface area contributed by atoms with E-state index in [4.69, 9.17) is 4.98 Å². The number of rotatable bonds is 5. The van der Waals surface area contributed by atoms with Gasteiger partial charge in [0.25, 0.3) is 0 Å². The third-order valence-electron chi connectivity index (χ3n) is 3.99. The van der Waals surface area contributed by atoms with E-state index in [2.05, 4.69) is 29.8 Å². The summed E-state index contributed by atoms with van der Waals surface area (Å²) in [6.07, 6.45) is 8.01. The summed E-state index contributed by atoms with van der Waals surface area (Å²) in [4.78, 5) is 4.88. The normalized spacial score (nSPS) is 16.9. The van der Waals surface area contributed by atoms with Gasteiger partial charge in [-0.25, -0.2) is 4.98 Å². The lowest BCUT2D eigenvalue weighted by atomic mass is 9.84. The molecule has 0 atom stereocenters. The summed E-state index contributed by atoms with van der Waals surface area (Å²) < 4.78 is 5.87. The highest BCUT2D eigenvalue weighted by molar-refractivity contribution is 7.99. The Bertz CT molecular complexity index is 559. The van der Waals surface area contributed by atoms with Crippen LogP contribution < -0.4 is 4.72 Å². The van der Waals surface area contributed by atoms with E-state index in [1.54, 1.807) is 11.9 Å². The van der Waals surface area contributed by atoms with E-state index in [0.29, 0.717) is 0 Å². The first kappa shape index (κ1) is 14.4. The maximum absolute atomic E-state index is 4.88. The molecule has 2 aromatic rings. The van der Waals surface area contributed by atoms with E-state index in [9.17, 15) is 0 Å². The van der Waals surface area contributed by atoms with Gasteiger partial charge in [0.2, 0.25) is 0 Å². The lowest BCUT2D eigenvalue weighted by Crippen LogP contribution is -2.05. The van der Waals surface area contributed by atoms with E-state index < -0.39 is 0 Å². The molecule has 1 N–H and O–H groups in total. The minimum Gasteiger partial charge on any atom is -0.258 e. The summed E-state index contributed by atoms with van der Waals surface area (Å²) in [5, 5.41) is 0. The zero-order valence-electron chi connectivity index (χ0n) is 12.0. The van der Waals surface area contributed by atoms with Crippen LogP contribution in [0.25, 0.3) is 10.2 Å². The molecule has 1 aliphatic rings. The maximum atomic E-state index is 4.88. The van der Waals surface area contributed by atoms with Gasteiger partial charge in [0.05, 0.1) is 10.2 Å². The van der Waals surface area contributed by atoms with Gasteiger partial charge in [0.15, 0.2) is 4.34 Å². The van der Waals surface area contributed by atoms with Gasteiger partial charge in [-0.15, -0.1) is 11.3 Å². The van der Waals surface area contributed by atoms with E-state index >= 15 is 0 Å². The molecule has 1 aliphatic carbocycles. The summed E-state index contributed by atoms with van der Waals surface area (Å²) in [6, 6.07) is 6.72. The predicted octanol–water partition coefficient (Wildman–Crippen LogP) is 5.35. The van der Waals surface area contributed by atoms with E-state index in [-0.39, 0.29) is 0 Å². The third kappa shape index (κ3) is 3.18. The first-order chi connectivity index (χ1) is 9.88. The number of para-hydroxylation sites is 1. The standard InChI is InChI=1S/C16H22N2S2/c1-2-11-17-20-16-18-15-13(9-6-10-14(15)19-16)12-7-4-3-5-8-12/h6,9-10,12,17H,2-5,7-8,11H2,1H3. The minimum atomic E-state index is 0.732. The van der Waals surface area contributed by atoms with Gasteiger partial charge in [-0.1, -0.05) is 38.3 Å². The fourth-order valence-electron chi connectivity index (χ4n) is 2.95. The van der Waals surface area contributed by atoms with Crippen LogP contribution in [0.3, 0.4) is 0 Å². The van der Waals surface area contributed by atoms with E-state index in [1.807, 2.05) is 11.3 Å². The smallest absolute Gasteiger partial charge is 0.166 e. The largest absolute Gasteiger partial charge is 0.258 e. The highest BCUT2D eigenvalue weighted by atomic mass is 32.2.